The van der Waals surface area contributed by atoms with Crippen LogP contribution in [0.5, 0.6) is 5.75 Å². The average molecular weight is 247 g/mol. The fraction of sp³-hybridized carbons (Fsp3) is 0.533. The Bertz CT molecular complexity index is 395. The fourth-order valence-electron chi connectivity index (χ4n) is 2.01. The van der Waals surface area contributed by atoms with E-state index in [1.165, 1.54) is 12.0 Å². The van der Waals surface area contributed by atoms with E-state index in [9.17, 15) is 4.79 Å². The molecule has 0 N–H and O–H groups in total. The molecule has 3 nitrogen and oxygen atoms in total. The van der Waals surface area contributed by atoms with Crippen LogP contribution in [-0.4, -0.2) is 31.0 Å². The second kappa shape index (κ2) is 5.89. The maximum Gasteiger partial charge on any atom is 0.225 e. The van der Waals surface area contributed by atoms with Gasteiger partial charge in [-0.2, -0.15) is 0 Å². The Kier molecular flexibility index (Phi) is 4.24. The minimum Gasteiger partial charge on any atom is -0.492 e. The van der Waals surface area contributed by atoms with E-state index in [2.05, 4.69) is 6.92 Å². The summed E-state index contributed by atoms with van der Waals surface area (Å²) in [6.07, 6.45) is 3.31. The SMILES string of the molecule is Cc1ccc(OCCN(C)C(=O)C2CCC2)cc1. The normalized spacial score (nSPS) is 15.0. The Morgan fingerprint density at radius 3 is 2.56 bits per heavy atom. The quantitative estimate of drug-likeness (QED) is 0.800. The molecule has 0 aliphatic heterocycles. The van der Waals surface area contributed by atoms with Gasteiger partial charge >= 0.3 is 0 Å². The van der Waals surface area contributed by atoms with E-state index in [4.69, 9.17) is 4.74 Å². The van der Waals surface area contributed by atoms with Crippen LogP contribution in [-0.2, 0) is 4.79 Å². The largest absolute Gasteiger partial charge is 0.492 e. The molecule has 0 aromatic heterocycles. The Morgan fingerprint density at radius 1 is 1.33 bits per heavy atom. The van der Waals surface area contributed by atoms with E-state index in [0.29, 0.717) is 13.2 Å². The number of amides is 1. The minimum atomic E-state index is 0.272. The molecule has 1 aromatic carbocycles. The number of nitrogens with zero attached hydrogens (tertiary/aromatic N) is 1. The fourth-order valence-corrected chi connectivity index (χ4v) is 2.01. The molecule has 0 saturated heterocycles. The van der Waals surface area contributed by atoms with Crippen molar-refractivity contribution in [1.82, 2.24) is 4.90 Å². The standard InChI is InChI=1S/C15H21NO2/c1-12-6-8-14(9-7-12)18-11-10-16(2)15(17)13-4-3-5-13/h6-9,13H,3-5,10-11H2,1-2H3. The molecule has 1 fully saturated rings. The van der Waals surface area contributed by atoms with Crippen molar-refractivity contribution in [2.24, 2.45) is 5.92 Å². The monoisotopic (exact) mass is 247 g/mol. The summed E-state index contributed by atoms with van der Waals surface area (Å²) in [5.41, 5.74) is 1.22. The van der Waals surface area contributed by atoms with Crippen LogP contribution in [0.1, 0.15) is 24.8 Å². The van der Waals surface area contributed by atoms with Gasteiger partial charge in [0, 0.05) is 13.0 Å². The van der Waals surface area contributed by atoms with Crippen LogP contribution in [0.3, 0.4) is 0 Å². The van der Waals surface area contributed by atoms with Crippen LogP contribution in [0.25, 0.3) is 0 Å². The molecule has 3 heteroatoms. The van der Waals surface area contributed by atoms with Gasteiger partial charge in [-0.25, -0.2) is 0 Å². The van der Waals surface area contributed by atoms with Crippen LogP contribution in [0.2, 0.25) is 0 Å². The van der Waals surface area contributed by atoms with Crippen molar-refractivity contribution in [3.05, 3.63) is 29.8 Å². The zero-order chi connectivity index (χ0) is 13.0. The number of hydrogen-bond donors (Lipinski definition) is 0. The number of benzene rings is 1. The highest BCUT2D eigenvalue weighted by molar-refractivity contribution is 5.79. The highest BCUT2D eigenvalue weighted by atomic mass is 16.5. The van der Waals surface area contributed by atoms with E-state index in [0.717, 1.165) is 18.6 Å². The van der Waals surface area contributed by atoms with Crippen molar-refractivity contribution in [3.8, 4) is 5.75 Å². The first-order valence-electron chi connectivity index (χ1n) is 6.61. The van der Waals surface area contributed by atoms with Gasteiger partial charge in [-0.1, -0.05) is 24.1 Å². The van der Waals surface area contributed by atoms with Crippen LogP contribution in [0.4, 0.5) is 0 Å². The molecule has 0 heterocycles. The number of hydrogen-bond acceptors (Lipinski definition) is 2. The smallest absolute Gasteiger partial charge is 0.225 e. The van der Waals surface area contributed by atoms with Gasteiger partial charge in [0.1, 0.15) is 12.4 Å². The van der Waals surface area contributed by atoms with Gasteiger partial charge < -0.3 is 9.64 Å². The predicted octanol–water partition coefficient (Wildman–Crippen LogP) is 2.63. The lowest BCUT2D eigenvalue weighted by atomic mass is 9.84. The van der Waals surface area contributed by atoms with Crippen LogP contribution in [0.15, 0.2) is 24.3 Å². The summed E-state index contributed by atoms with van der Waals surface area (Å²) in [5.74, 6) is 1.41. The second-order valence-electron chi connectivity index (χ2n) is 5.05. The molecule has 0 bridgehead atoms. The van der Waals surface area contributed by atoms with E-state index in [1.807, 2.05) is 31.3 Å². The van der Waals surface area contributed by atoms with E-state index < -0.39 is 0 Å². The van der Waals surface area contributed by atoms with Crippen molar-refractivity contribution >= 4 is 5.91 Å². The van der Waals surface area contributed by atoms with Gasteiger partial charge in [0.05, 0.1) is 6.54 Å². The number of ether oxygens (including phenoxy) is 1. The Hall–Kier alpha value is -1.51. The minimum absolute atomic E-state index is 0.272. The molecule has 1 aliphatic carbocycles. The molecular formula is C15H21NO2. The topological polar surface area (TPSA) is 29.5 Å². The highest BCUT2D eigenvalue weighted by Crippen LogP contribution is 2.27. The van der Waals surface area contributed by atoms with Gasteiger partial charge in [-0.3, -0.25) is 4.79 Å². The van der Waals surface area contributed by atoms with Crippen molar-refractivity contribution in [1.29, 1.82) is 0 Å². The second-order valence-corrected chi connectivity index (χ2v) is 5.05. The molecule has 2 rings (SSSR count). The number of carbonyl (C=O) groups is 1. The highest BCUT2D eigenvalue weighted by Gasteiger charge is 2.27. The molecule has 98 valence electrons. The first-order chi connectivity index (χ1) is 8.66. The van der Waals surface area contributed by atoms with Crippen molar-refractivity contribution < 1.29 is 9.53 Å². The lowest BCUT2D eigenvalue weighted by Crippen LogP contribution is -2.38. The van der Waals surface area contributed by atoms with Crippen molar-refractivity contribution in [3.63, 3.8) is 0 Å². The van der Waals surface area contributed by atoms with Gasteiger partial charge in [-0.05, 0) is 31.9 Å². The van der Waals surface area contributed by atoms with Gasteiger partial charge in [0.2, 0.25) is 5.91 Å². The predicted molar refractivity (Wildman–Crippen MR) is 71.7 cm³/mol. The van der Waals surface area contributed by atoms with Crippen molar-refractivity contribution in [2.45, 2.75) is 26.2 Å². The summed E-state index contributed by atoms with van der Waals surface area (Å²) >= 11 is 0. The Balaban J connectivity index is 1.71. The molecule has 18 heavy (non-hydrogen) atoms. The summed E-state index contributed by atoms with van der Waals surface area (Å²) in [7, 11) is 1.86. The zero-order valence-corrected chi connectivity index (χ0v) is 11.2. The van der Waals surface area contributed by atoms with Gasteiger partial charge in [-0.15, -0.1) is 0 Å². The lowest BCUT2D eigenvalue weighted by Gasteiger charge is -2.29. The van der Waals surface area contributed by atoms with Gasteiger partial charge in [0.15, 0.2) is 0 Å². The lowest BCUT2D eigenvalue weighted by molar-refractivity contribution is -0.137. The third kappa shape index (κ3) is 3.25. The van der Waals surface area contributed by atoms with E-state index >= 15 is 0 Å². The molecular weight excluding hydrogens is 226 g/mol. The van der Waals surface area contributed by atoms with Gasteiger partial charge in [0.25, 0.3) is 0 Å². The van der Waals surface area contributed by atoms with E-state index in [1.54, 1.807) is 4.90 Å². The summed E-state index contributed by atoms with van der Waals surface area (Å²) in [5, 5.41) is 0. The number of aryl methyl sites for hydroxylation is 1. The summed E-state index contributed by atoms with van der Waals surface area (Å²) in [4.78, 5) is 13.7. The third-order valence-corrected chi connectivity index (χ3v) is 3.55. The molecule has 0 unspecified atom stereocenters. The molecule has 0 radical (unpaired) electrons. The van der Waals surface area contributed by atoms with Crippen LogP contribution >= 0.6 is 0 Å². The molecule has 1 aromatic rings. The summed E-state index contributed by atoms with van der Waals surface area (Å²) < 4.78 is 5.62. The number of likely N-dealkylation sites (N-methyl/N-ethyl adjacent to an activating group) is 1. The maximum absolute atomic E-state index is 11.9. The Labute approximate surface area is 109 Å². The summed E-state index contributed by atoms with van der Waals surface area (Å²) in [6.45, 7) is 3.26. The molecule has 0 atom stereocenters. The first kappa shape index (κ1) is 12.9. The van der Waals surface area contributed by atoms with Crippen LogP contribution < -0.4 is 4.74 Å². The average Bonchev–Trinajstić information content (AvgIpc) is 2.29. The number of carbonyl (C=O) groups excluding carboxylic acids is 1. The molecule has 1 aliphatic rings. The zero-order valence-electron chi connectivity index (χ0n) is 11.2. The van der Waals surface area contributed by atoms with E-state index in [-0.39, 0.29) is 11.8 Å². The molecule has 1 amide bonds. The summed E-state index contributed by atoms with van der Waals surface area (Å²) in [6, 6.07) is 7.98. The molecule has 0 spiro atoms. The van der Waals surface area contributed by atoms with Crippen molar-refractivity contribution in [2.75, 3.05) is 20.2 Å². The Morgan fingerprint density at radius 2 is 2.00 bits per heavy atom. The molecule has 1 saturated carbocycles. The maximum atomic E-state index is 11.9. The van der Waals surface area contributed by atoms with Crippen LogP contribution in [0, 0.1) is 12.8 Å². The third-order valence-electron chi connectivity index (χ3n) is 3.55. The number of rotatable bonds is 5. The first-order valence-corrected chi connectivity index (χ1v) is 6.61.